The molecule has 1 aliphatic carbocycles. The summed E-state index contributed by atoms with van der Waals surface area (Å²) in [6.45, 7) is 2.94. The number of nitrogens with zero attached hydrogens (tertiary/aromatic N) is 2. The fourth-order valence-corrected chi connectivity index (χ4v) is 3.02. The molecule has 3 heteroatoms. The van der Waals surface area contributed by atoms with Crippen LogP contribution < -0.4 is 4.90 Å². The molecule has 1 aromatic heterocycles. The first-order chi connectivity index (χ1) is 7.74. The lowest BCUT2D eigenvalue weighted by atomic mass is 10.1. The van der Waals surface area contributed by atoms with Crippen LogP contribution in [0.2, 0.25) is 0 Å². The molecule has 0 aromatic carbocycles. The van der Waals surface area contributed by atoms with E-state index in [9.17, 15) is 5.11 Å². The number of hydrogen-bond acceptors (Lipinski definition) is 3. The van der Waals surface area contributed by atoms with Gasteiger partial charge in [0.1, 0.15) is 5.82 Å². The zero-order valence-electron chi connectivity index (χ0n) is 9.63. The number of aliphatic hydroxyl groups is 1. The van der Waals surface area contributed by atoms with E-state index in [1.165, 1.54) is 25.8 Å². The number of fused-ring (bicyclic) bond motifs is 2. The Morgan fingerprint density at radius 3 is 2.81 bits per heavy atom. The van der Waals surface area contributed by atoms with Gasteiger partial charge in [0, 0.05) is 18.8 Å². The summed E-state index contributed by atoms with van der Waals surface area (Å²) in [4.78, 5) is 6.90. The summed E-state index contributed by atoms with van der Waals surface area (Å²) < 4.78 is 0. The minimum absolute atomic E-state index is 0.420. The number of pyridine rings is 1. The van der Waals surface area contributed by atoms with Gasteiger partial charge in [0.05, 0.1) is 6.10 Å². The molecule has 16 heavy (non-hydrogen) atoms. The minimum Gasteiger partial charge on any atom is -0.389 e. The van der Waals surface area contributed by atoms with Crippen LogP contribution in [-0.4, -0.2) is 22.7 Å². The number of piperidine rings is 1. The highest BCUT2D eigenvalue weighted by Crippen LogP contribution is 2.39. The van der Waals surface area contributed by atoms with Crippen molar-refractivity contribution < 1.29 is 5.11 Å². The van der Waals surface area contributed by atoms with E-state index in [0.717, 1.165) is 23.3 Å². The monoisotopic (exact) mass is 218 g/mol. The summed E-state index contributed by atoms with van der Waals surface area (Å²) in [5, 5.41) is 9.43. The molecule has 1 N–H and O–H groups in total. The first-order valence-corrected chi connectivity index (χ1v) is 6.14. The standard InChI is InChI=1S/C13H18N2O/c1-9(16)11-3-5-13(14-7-11)15-8-10-2-4-12(15)6-10/h3,5,7,9-10,12,16H,2,4,6,8H2,1H3. The van der Waals surface area contributed by atoms with Gasteiger partial charge in [-0.15, -0.1) is 0 Å². The van der Waals surface area contributed by atoms with E-state index in [1.807, 2.05) is 12.1 Å². The molecule has 2 bridgehead atoms. The van der Waals surface area contributed by atoms with E-state index in [0.29, 0.717) is 0 Å². The van der Waals surface area contributed by atoms with Crippen molar-refractivity contribution >= 4 is 5.82 Å². The maximum Gasteiger partial charge on any atom is 0.128 e. The van der Waals surface area contributed by atoms with E-state index in [-0.39, 0.29) is 0 Å². The zero-order valence-corrected chi connectivity index (χ0v) is 9.63. The third-order valence-corrected chi connectivity index (χ3v) is 3.96. The van der Waals surface area contributed by atoms with Gasteiger partial charge in [-0.3, -0.25) is 0 Å². The maximum atomic E-state index is 9.43. The van der Waals surface area contributed by atoms with Crippen LogP contribution in [-0.2, 0) is 0 Å². The van der Waals surface area contributed by atoms with Crippen LogP contribution in [0.25, 0.3) is 0 Å². The van der Waals surface area contributed by atoms with Crippen LogP contribution in [0.4, 0.5) is 5.82 Å². The summed E-state index contributed by atoms with van der Waals surface area (Å²) in [6, 6.07) is 4.75. The lowest BCUT2D eigenvalue weighted by molar-refractivity contribution is 0.199. The lowest BCUT2D eigenvalue weighted by Gasteiger charge is -2.28. The van der Waals surface area contributed by atoms with E-state index in [4.69, 9.17) is 0 Å². The van der Waals surface area contributed by atoms with Crippen LogP contribution >= 0.6 is 0 Å². The van der Waals surface area contributed by atoms with E-state index in [2.05, 4.69) is 9.88 Å². The van der Waals surface area contributed by atoms with Crippen LogP contribution in [0.3, 0.4) is 0 Å². The Morgan fingerprint density at radius 1 is 1.44 bits per heavy atom. The Morgan fingerprint density at radius 2 is 2.31 bits per heavy atom. The molecule has 0 spiro atoms. The summed E-state index contributed by atoms with van der Waals surface area (Å²) in [7, 11) is 0. The molecule has 2 fully saturated rings. The molecule has 1 saturated heterocycles. The molecule has 1 aromatic rings. The molecular formula is C13H18N2O. The third kappa shape index (κ3) is 1.59. The predicted molar refractivity (Wildman–Crippen MR) is 63.3 cm³/mol. The molecule has 0 amide bonds. The fraction of sp³-hybridized carbons (Fsp3) is 0.615. The van der Waals surface area contributed by atoms with E-state index < -0.39 is 6.10 Å². The van der Waals surface area contributed by atoms with Gasteiger partial charge in [-0.2, -0.15) is 0 Å². The molecule has 3 rings (SSSR count). The van der Waals surface area contributed by atoms with Crippen molar-refractivity contribution in [2.75, 3.05) is 11.4 Å². The van der Waals surface area contributed by atoms with Crippen molar-refractivity contribution in [2.24, 2.45) is 5.92 Å². The van der Waals surface area contributed by atoms with E-state index in [1.54, 1.807) is 13.1 Å². The van der Waals surface area contributed by atoms with Crippen molar-refractivity contribution in [1.82, 2.24) is 4.98 Å². The van der Waals surface area contributed by atoms with Gasteiger partial charge in [-0.05, 0) is 43.7 Å². The van der Waals surface area contributed by atoms with Gasteiger partial charge in [0.25, 0.3) is 0 Å². The van der Waals surface area contributed by atoms with Gasteiger partial charge >= 0.3 is 0 Å². The van der Waals surface area contributed by atoms with Gasteiger partial charge in [0.15, 0.2) is 0 Å². The Bertz CT molecular complexity index is 374. The average molecular weight is 218 g/mol. The molecule has 1 saturated carbocycles. The summed E-state index contributed by atoms with van der Waals surface area (Å²) in [6.07, 6.45) is 5.44. The second-order valence-electron chi connectivity index (χ2n) is 5.11. The smallest absolute Gasteiger partial charge is 0.128 e. The normalized spacial score (nSPS) is 29.8. The van der Waals surface area contributed by atoms with Crippen LogP contribution in [0, 0.1) is 5.92 Å². The summed E-state index contributed by atoms with van der Waals surface area (Å²) in [5.74, 6) is 1.97. The van der Waals surface area contributed by atoms with Crippen molar-refractivity contribution in [2.45, 2.75) is 38.3 Å². The van der Waals surface area contributed by atoms with E-state index >= 15 is 0 Å². The molecule has 1 aliphatic heterocycles. The number of anilines is 1. The SMILES string of the molecule is CC(O)c1ccc(N2CC3CCC2C3)nc1. The highest BCUT2D eigenvalue weighted by molar-refractivity contribution is 5.43. The molecule has 2 heterocycles. The second-order valence-corrected chi connectivity index (χ2v) is 5.11. The Balaban J connectivity index is 1.80. The highest BCUT2D eigenvalue weighted by atomic mass is 16.3. The molecule has 3 atom stereocenters. The number of aromatic nitrogens is 1. The lowest BCUT2D eigenvalue weighted by Crippen LogP contribution is -2.32. The average Bonchev–Trinajstić information content (AvgIpc) is 2.91. The number of rotatable bonds is 2. The maximum absolute atomic E-state index is 9.43. The van der Waals surface area contributed by atoms with Crippen molar-refractivity contribution in [1.29, 1.82) is 0 Å². The van der Waals surface area contributed by atoms with Crippen molar-refractivity contribution in [3.05, 3.63) is 23.9 Å². The van der Waals surface area contributed by atoms with Crippen LogP contribution in [0.5, 0.6) is 0 Å². The van der Waals surface area contributed by atoms with Crippen LogP contribution in [0.1, 0.15) is 37.9 Å². The fourth-order valence-electron chi connectivity index (χ4n) is 3.02. The molecule has 0 radical (unpaired) electrons. The van der Waals surface area contributed by atoms with Gasteiger partial charge in [-0.1, -0.05) is 6.07 Å². The molecular weight excluding hydrogens is 200 g/mol. The summed E-state index contributed by atoms with van der Waals surface area (Å²) in [5.41, 5.74) is 0.896. The minimum atomic E-state index is -0.420. The van der Waals surface area contributed by atoms with Crippen molar-refractivity contribution in [3.63, 3.8) is 0 Å². The third-order valence-electron chi connectivity index (χ3n) is 3.96. The first kappa shape index (κ1) is 10.1. The van der Waals surface area contributed by atoms with Gasteiger partial charge < -0.3 is 10.0 Å². The highest BCUT2D eigenvalue weighted by Gasteiger charge is 2.38. The van der Waals surface area contributed by atoms with Crippen molar-refractivity contribution in [3.8, 4) is 0 Å². The van der Waals surface area contributed by atoms with Crippen LogP contribution in [0.15, 0.2) is 18.3 Å². The van der Waals surface area contributed by atoms with Gasteiger partial charge in [0.2, 0.25) is 0 Å². The largest absolute Gasteiger partial charge is 0.389 e. The molecule has 3 unspecified atom stereocenters. The van der Waals surface area contributed by atoms with Gasteiger partial charge in [-0.25, -0.2) is 4.98 Å². The Labute approximate surface area is 96.1 Å². The number of hydrogen-bond donors (Lipinski definition) is 1. The first-order valence-electron chi connectivity index (χ1n) is 6.14. The predicted octanol–water partition coefficient (Wildman–Crippen LogP) is 2.12. The quantitative estimate of drug-likeness (QED) is 0.826. The number of aliphatic hydroxyl groups excluding tert-OH is 1. The molecule has 86 valence electrons. The second kappa shape index (κ2) is 3.74. The Kier molecular flexibility index (Phi) is 2.36. The molecule has 3 nitrogen and oxygen atoms in total. The summed E-state index contributed by atoms with van der Waals surface area (Å²) >= 11 is 0. The topological polar surface area (TPSA) is 36.4 Å². The molecule has 2 aliphatic rings. The Hall–Kier alpha value is -1.09. The zero-order chi connectivity index (χ0) is 11.1.